The van der Waals surface area contributed by atoms with Crippen molar-refractivity contribution in [2.75, 3.05) is 26.2 Å². The number of aromatic nitrogens is 1. The molecule has 11 heteroatoms. The molecule has 3 aromatic rings. The van der Waals surface area contributed by atoms with E-state index in [0.717, 1.165) is 35.2 Å². The van der Waals surface area contributed by atoms with Crippen LogP contribution in [-0.2, 0) is 16.2 Å². The molecule has 1 aromatic heterocycles. The van der Waals surface area contributed by atoms with Gasteiger partial charge in [-0.1, -0.05) is 18.2 Å². The number of carbonyl (C=O) groups excluding carboxylic acids is 4. The number of hydrogen-bond donors (Lipinski definition) is 4. The van der Waals surface area contributed by atoms with Crippen LogP contribution < -0.4 is 26.0 Å². The third-order valence-corrected chi connectivity index (χ3v) is 8.15. The smallest absolute Gasteiger partial charge is 0.322 e. The molecule has 3 saturated heterocycles. The van der Waals surface area contributed by atoms with Gasteiger partial charge in [-0.05, 0) is 69.3 Å². The van der Waals surface area contributed by atoms with E-state index in [1.165, 1.54) is 0 Å². The predicted octanol–water partition coefficient (Wildman–Crippen LogP) is 1.64. The molecule has 11 nitrogen and oxygen atoms in total. The van der Waals surface area contributed by atoms with Crippen molar-refractivity contribution in [2.45, 2.75) is 38.0 Å². The molecule has 3 fully saturated rings. The van der Waals surface area contributed by atoms with Gasteiger partial charge in [-0.15, -0.1) is 0 Å². The number of benzene rings is 2. The molecule has 3 aliphatic rings. The van der Waals surface area contributed by atoms with E-state index < -0.39 is 29.4 Å². The van der Waals surface area contributed by atoms with Gasteiger partial charge in [-0.2, -0.15) is 0 Å². The second kappa shape index (κ2) is 10.8. The van der Waals surface area contributed by atoms with Crippen LogP contribution in [0, 0.1) is 12.8 Å². The molecule has 0 aliphatic carbocycles. The van der Waals surface area contributed by atoms with Gasteiger partial charge in [0.15, 0.2) is 5.54 Å². The highest BCUT2D eigenvalue weighted by atomic mass is 16.5. The highest BCUT2D eigenvalue weighted by Crippen LogP contribution is 2.29. The van der Waals surface area contributed by atoms with Gasteiger partial charge >= 0.3 is 6.03 Å². The molecule has 2 aromatic carbocycles. The Morgan fingerprint density at radius 3 is 2.59 bits per heavy atom. The van der Waals surface area contributed by atoms with Crippen molar-refractivity contribution in [1.29, 1.82) is 0 Å². The summed E-state index contributed by atoms with van der Waals surface area (Å²) in [4.78, 5) is 57.7. The Kier molecular flexibility index (Phi) is 7.04. The fourth-order valence-corrected chi connectivity index (χ4v) is 6.00. The summed E-state index contributed by atoms with van der Waals surface area (Å²) in [6.45, 7) is 3.93. The number of likely N-dealkylation sites (tertiary alicyclic amines) is 1. The molecule has 212 valence electrons. The largest absolute Gasteiger partial charge is 0.489 e. The normalized spacial score (nSPS) is 22.6. The Labute approximate surface area is 237 Å². The van der Waals surface area contributed by atoms with E-state index in [2.05, 4.69) is 26.3 Å². The number of aryl methyl sites for hydroxylation is 1. The van der Waals surface area contributed by atoms with E-state index in [-0.39, 0.29) is 24.9 Å². The molecule has 5 amide bonds. The number of imide groups is 1. The molecule has 2 unspecified atom stereocenters. The lowest BCUT2D eigenvalue weighted by atomic mass is 9.93. The van der Waals surface area contributed by atoms with Crippen LogP contribution in [0.1, 0.15) is 34.5 Å². The minimum Gasteiger partial charge on any atom is -0.489 e. The van der Waals surface area contributed by atoms with Crippen molar-refractivity contribution in [3.05, 3.63) is 71.4 Å². The zero-order valence-electron chi connectivity index (χ0n) is 22.7. The standard InChI is InChI=1S/C30H32N6O5/c1-18-14-21(23-4-2-3-5-24(23)32-18)16-41-22-8-6-19(7-9-22)26(37)33-25-15-36(27(38)20-10-12-31-13-11-20)17-30(25)28(39)34-29(40)35-30/h2-9,14,20,25,31H,10-13,15-17H2,1H3,(H,33,37)(H2,34,35,39,40). The van der Waals surface area contributed by atoms with Crippen LogP contribution in [0.3, 0.4) is 0 Å². The summed E-state index contributed by atoms with van der Waals surface area (Å²) in [6, 6.07) is 15.2. The minimum absolute atomic E-state index is 0.00816. The Bertz CT molecular complexity index is 1520. The van der Waals surface area contributed by atoms with E-state index >= 15 is 0 Å². The molecule has 4 N–H and O–H groups in total. The fraction of sp³-hybridized carbons (Fsp3) is 0.367. The summed E-state index contributed by atoms with van der Waals surface area (Å²) >= 11 is 0. The number of para-hydroxylation sites is 1. The number of urea groups is 1. The topological polar surface area (TPSA) is 142 Å². The number of rotatable bonds is 6. The van der Waals surface area contributed by atoms with E-state index in [1.54, 1.807) is 29.2 Å². The average Bonchev–Trinajstić information content (AvgIpc) is 3.49. The fourth-order valence-electron chi connectivity index (χ4n) is 6.00. The molecule has 2 atom stereocenters. The summed E-state index contributed by atoms with van der Waals surface area (Å²) in [5, 5.41) is 12.1. The minimum atomic E-state index is -1.41. The van der Waals surface area contributed by atoms with Crippen molar-refractivity contribution in [3.63, 3.8) is 0 Å². The first-order chi connectivity index (χ1) is 19.8. The molecular formula is C30H32N6O5. The number of nitrogens with one attached hydrogen (secondary N) is 4. The number of hydrogen-bond acceptors (Lipinski definition) is 7. The van der Waals surface area contributed by atoms with Crippen LogP contribution in [0.15, 0.2) is 54.6 Å². The second-order valence-electron chi connectivity index (χ2n) is 10.9. The third kappa shape index (κ3) is 5.20. The van der Waals surface area contributed by atoms with Gasteiger partial charge in [0.25, 0.3) is 11.8 Å². The van der Waals surface area contributed by atoms with Crippen molar-refractivity contribution in [1.82, 2.24) is 31.2 Å². The maximum Gasteiger partial charge on any atom is 0.322 e. The van der Waals surface area contributed by atoms with E-state index in [4.69, 9.17) is 4.74 Å². The maximum absolute atomic E-state index is 13.3. The van der Waals surface area contributed by atoms with E-state index in [0.29, 0.717) is 30.8 Å². The van der Waals surface area contributed by atoms with Crippen LogP contribution in [0.25, 0.3) is 10.9 Å². The molecule has 0 bridgehead atoms. The Morgan fingerprint density at radius 1 is 1.10 bits per heavy atom. The molecular weight excluding hydrogens is 524 g/mol. The molecule has 6 rings (SSSR count). The zero-order chi connectivity index (χ0) is 28.6. The lowest BCUT2D eigenvalue weighted by Crippen LogP contribution is -2.62. The molecule has 1 spiro atoms. The van der Waals surface area contributed by atoms with Crippen molar-refractivity contribution >= 4 is 34.7 Å². The number of carbonyl (C=O) groups is 4. The lowest BCUT2D eigenvalue weighted by Gasteiger charge is -2.28. The Hall–Kier alpha value is -4.51. The van der Waals surface area contributed by atoms with Crippen molar-refractivity contribution in [3.8, 4) is 5.75 Å². The highest BCUT2D eigenvalue weighted by molar-refractivity contribution is 6.09. The average molecular weight is 557 g/mol. The first-order valence-corrected chi connectivity index (χ1v) is 13.8. The number of piperidine rings is 1. The van der Waals surface area contributed by atoms with E-state index in [1.807, 2.05) is 37.3 Å². The summed E-state index contributed by atoms with van der Waals surface area (Å²) in [6.07, 6.45) is 1.42. The third-order valence-electron chi connectivity index (χ3n) is 8.15. The molecule has 0 saturated carbocycles. The molecule has 3 aliphatic heterocycles. The van der Waals surface area contributed by atoms with Crippen molar-refractivity contribution in [2.24, 2.45) is 5.92 Å². The monoisotopic (exact) mass is 556 g/mol. The summed E-state index contributed by atoms with van der Waals surface area (Å²) < 4.78 is 6.01. The van der Waals surface area contributed by atoms with Gasteiger partial charge in [-0.25, -0.2) is 4.79 Å². The maximum atomic E-state index is 13.3. The second-order valence-corrected chi connectivity index (χ2v) is 10.9. The van der Waals surface area contributed by atoms with Crippen molar-refractivity contribution < 1.29 is 23.9 Å². The number of nitrogens with zero attached hydrogens (tertiary/aromatic N) is 2. The highest BCUT2D eigenvalue weighted by Gasteiger charge is 2.59. The van der Waals surface area contributed by atoms with Crippen LogP contribution in [0.4, 0.5) is 4.79 Å². The van der Waals surface area contributed by atoms with Gasteiger partial charge < -0.3 is 25.6 Å². The van der Waals surface area contributed by atoms with Crippen LogP contribution >= 0.6 is 0 Å². The predicted molar refractivity (Wildman–Crippen MR) is 150 cm³/mol. The summed E-state index contributed by atoms with van der Waals surface area (Å²) in [7, 11) is 0. The Balaban J connectivity index is 1.14. The quantitative estimate of drug-likeness (QED) is 0.338. The molecule has 41 heavy (non-hydrogen) atoms. The van der Waals surface area contributed by atoms with Crippen LogP contribution in [-0.4, -0.2) is 71.4 Å². The van der Waals surface area contributed by atoms with Gasteiger partial charge in [0.2, 0.25) is 5.91 Å². The number of ether oxygens (including phenoxy) is 1. The summed E-state index contributed by atoms with van der Waals surface area (Å²) in [5.74, 6) is -0.573. The SMILES string of the molecule is Cc1cc(COc2ccc(C(=O)NC3CN(C(=O)C4CCNCC4)CC34NC(=O)NC4=O)cc2)c2ccccc2n1. The molecule has 4 heterocycles. The van der Waals surface area contributed by atoms with Gasteiger partial charge in [0, 0.05) is 34.7 Å². The number of pyridine rings is 1. The summed E-state index contributed by atoms with van der Waals surface area (Å²) in [5.41, 5.74) is 1.78. The lowest BCUT2D eigenvalue weighted by molar-refractivity contribution is -0.135. The zero-order valence-corrected chi connectivity index (χ0v) is 22.7. The first-order valence-electron chi connectivity index (χ1n) is 13.8. The van der Waals surface area contributed by atoms with Gasteiger partial charge in [0.1, 0.15) is 12.4 Å². The number of amides is 5. The first kappa shape index (κ1) is 26.7. The van der Waals surface area contributed by atoms with Crippen LogP contribution in [0.5, 0.6) is 5.75 Å². The Morgan fingerprint density at radius 2 is 1.85 bits per heavy atom. The van der Waals surface area contributed by atoms with Gasteiger partial charge in [0.05, 0.1) is 18.1 Å². The van der Waals surface area contributed by atoms with Crippen LogP contribution in [0.2, 0.25) is 0 Å². The number of fused-ring (bicyclic) bond motifs is 1. The van der Waals surface area contributed by atoms with Gasteiger partial charge in [-0.3, -0.25) is 24.7 Å². The molecule has 0 radical (unpaired) electrons. The van der Waals surface area contributed by atoms with E-state index in [9.17, 15) is 19.2 Å².